The van der Waals surface area contributed by atoms with Crippen molar-refractivity contribution in [2.24, 2.45) is 0 Å². The van der Waals surface area contributed by atoms with Gasteiger partial charge >= 0.3 is 5.97 Å². The molecule has 1 aliphatic rings. The van der Waals surface area contributed by atoms with Crippen molar-refractivity contribution in [2.75, 3.05) is 13.7 Å². The number of amides is 1. The molecule has 0 N–H and O–H groups in total. The highest BCUT2D eigenvalue weighted by Gasteiger charge is 2.27. The van der Waals surface area contributed by atoms with Gasteiger partial charge in [-0.3, -0.25) is 9.59 Å². The van der Waals surface area contributed by atoms with E-state index in [9.17, 15) is 9.59 Å². The zero-order valence-electron chi connectivity index (χ0n) is 11.9. The lowest BCUT2D eigenvalue weighted by molar-refractivity contribution is -0.140. The molecule has 108 valence electrons. The molecule has 0 bridgehead atoms. The quantitative estimate of drug-likeness (QED) is 0.776. The van der Waals surface area contributed by atoms with E-state index in [4.69, 9.17) is 0 Å². The predicted octanol–water partition coefficient (Wildman–Crippen LogP) is 2.63. The third kappa shape index (κ3) is 3.59. The molecule has 4 nitrogen and oxygen atoms in total. The fourth-order valence-corrected chi connectivity index (χ4v) is 2.73. The number of ether oxygens (including phenoxy) is 1. The molecule has 0 unspecified atom stereocenters. The zero-order chi connectivity index (χ0) is 14.4. The van der Waals surface area contributed by atoms with Crippen LogP contribution in [0, 0.1) is 0 Å². The molecule has 1 aliphatic carbocycles. The summed E-state index contributed by atoms with van der Waals surface area (Å²) in [5.74, 6) is -0.254. The van der Waals surface area contributed by atoms with Gasteiger partial charge in [-0.15, -0.1) is 0 Å². The lowest BCUT2D eigenvalue weighted by Gasteiger charge is -2.28. The van der Waals surface area contributed by atoms with Gasteiger partial charge in [0.25, 0.3) is 5.91 Å². The maximum Gasteiger partial charge on any atom is 0.307 e. The Labute approximate surface area is 119 Å². The first-order valence-corrected chi connectivity index (χ1v) is 7.15. The van der Waals surface area contributed by atoms with Gasteiger partial charge in [0.1, 0.15) is 0 Å². The Morgan fingerprint density at radius 2 is 1.85 bits per heavy atom. The monoisotopic (exact) mass is 275 g/mol. The number of methoxy groups -OCH3 is 1. The van der Waals surface area contributed by atoms with Crippen molar-refractivity contribution >= 4 is 11.9 Å². The van der Waals surface area contributed by atoms with Gasteiger partial charge < -0.3 is 9.64 Å². The van der Waals surface area contributed by atoms with Crippen molar-refractivity contribution < 1.29 is 14.3 Å². The molecule has 1 fully saturated rings. The minimum Gasteiger partial charge on any atom is -0.469 e. The first kappa shape index (κ1) is 14.6. The third-order valence-corrected chi connectivity index (χ3v) is 3.83. The molecule has 0 spiro atoms. The number of hydrogen-bond acceptors (Lipinski definition) is 3. The van der Waals surface area contributed by atoms with Crippen LogP contribution in [0.3, 0.4) is 0 Å². The fraction of sp³-hybridized carbons (Fsp3) is 0.500. The maximum absolute atomic E-state index is 12.6. The number of esters is 1. The second-order valence-electron chi connectivity index (χ2n) is 5.13. The number of benzene rings is 1. The lowest BCUT2D eigenvalue weighted by atomic mass is 10.1. The summed E-state index contributed by atoms with van der Waals surface area (Å²) in [6, 6.07) is 9.52. The van der Waals surface area contributed by atoms with Gasteiger partial charge in [0.05, 0.1) is 13.5 Å². The minimum absolute atomic E-state index is 0.0152. The van der Waals surface area contributed by atoms with Crippen LogP contribution in [-0.4, -0.2) is 36.5 Å². The van der Waals surface area contributed by atoms with Crippen molar-refractivity contribution in [3.05, 3.63) is 35.9 Å². The van der Waals surface area contributed by atoms with Gasteiger partial charge in [-0.25, -0.2) is 0 Å². The van der Waals surface area contributed by atoms with Crippen molar-refractivity contribution in [3.63, 3.8) is 0 Å². The molecule has 0 saturated heterocycles. The maximum atomic E-state index is 12.6. The molecule has 0 atom stereocenters. The lowest BCUT2D eigenvalue weighted by Crippen LogP contribution is -2.40. The van der Waals surface area contributed by atoms with Gasteiger partial charge in [0.2, 0.25) is 0 Å². The molecule has 2 rings (SSSR count). The summed E-state index contributed by atoms with van der Waals surface area (Å²) in [4.78, 5) is 25.8. The number of nitrogens with zero attached hydrogens (tertiary/aromatic N) is 1. The molecule has 1 aromatic carbocycles. The summed E-state index contributed by atoms with van der Waals surface area (Å²) < 4.78 is 4.67. The Hall–Kier alpha value is -1.84. The molecule has 0 aliphatic heterocycles. The van der Waals surface area contributed by atoms with Crippen LogP contribution in [0.1, 0.15) is 42.5 Å². The smallest absolute Gasteiger partial charge is 0.307 e. The van der Waals surface area contributed by atoms with E-state index in [1.807, 2.05) is 35.2 Å². The molecule has 4 heteroatoms. The van der Waals surface area contributed by atoms with E-state index in [1.54, 1.807) is 0 Å². The highest BCUT2D eigenvalue weighted by molar-refractivity contribution is 5.94. The summed E-state index contributed by atoms with van der Waals surface area (Å²) in [6.07, 6.45) is 4.62. The van der Waals surface area contributed by atoms with E-state index in [1.165, 1.54) is 7.11 Å². The van der Waals surface area contributed by atoms with Crippen LogP contribution in [0.4, 0.5) is 0 Å². The van der Waals surface area contributed by atoms with Gasteiger partial charge in [0.15, 0.2) is 0 Å². The predicted molar refractivity (Wildman–Crippen MR) is 76.4 cm³/mol. The summed E-state index contributed by atoms with van der Waals surface area (Å²) in [5.41, 5.74) is 0.685. The molecule has 0 heterocycles. The van der Waals surface area contributed by atoms with Crippen LogP contribution in [0.15, 0.2) is 30.3 Å². The number of carbonyl (C=O) groups excluding carboxylic acids is 2. The highest BCUT2D eigenvalue weighted by Crippen LogP contribution is 2.25. The average Bonchev–Trinajstić information content (AvgIpc) is 3.02. The van der Waals surface area contributed by atoms with Crippen molar-refractivity contribution in [1.82, 2.24) is 4.90 Å². The van der Waals surface area contributed by atoms with Crippen LogP contribution in [0.25, 0.3) is 0 Å². The van der Waals surface area contributed by atoms with Crippen LogP contribution in [0.2, 0.25) is 0 Å². The van der Waals surface area contributed by atoms with Crippen molar-refractivity contribution in [2.45, 2.75) is 38.1 Å². The van der Waals surface area contributed by atoms with Crippen molar-refractivity contribution in [3.8, 4) is 0 Å². The van der Waals surface area contributed by atoms with Crippen LogP contribution >= 0.6 is 0 Å². The molecule has 1 aromatic rings. The Bertz CT molecular complexity index is 452. The van der Waals surface area contributed by atoms with Gasteiger partial charge in [-0.05, 0) is 25.0 Å². The Balaban J connectivity index is 2.09. The molecule has 0 aromatic heterocycles. The van der Waals surface area contributed by atoms with Crippen LogP contribution in [-0.2, 0) is 9.53 Å². The van der Waals surface area contributed by atoms with E-state index >= 15 is 0 Å². The number of carbonyl (C=O) groups is 2. The van der Waals surface area contributed by atoms with Crippen LogP contribution in [0.5, 0.6) is 0 Å². The third-order valence-electron chi connectivity index (χ3n) is 3.83. The standard InChI is InChI=1S/C16H21NO3/c1-20-15(18)11-12-17(14-9-5-6-10-14)16(19)13-7-3-2-4-8-13/h2-4,7-8,14H,5-6,9-12H2,1H3. The van der Waals surface area contributed by atoms with E-state index in [-0.39, 0.29) is 24.3 Å². The number of rotatable bonds is 5. The molecule has 0 radical (unpaired) electrons. The van der Waals surface area contributed by atoms with E-state index in [2.05, 4.69) is 4.74 Å². The van der Waals surface area contributed by atoms with E-state index in [0.717, 1.165) is 25.7 Å². The molecule has 1 amide bonds. The van der Waals surface area contributed by atoms with Crippen LogP contribution < -0.4 is 0 Å². The zero-order valence-corrected chi connectivity index (χ0v) is 11.9. The van der Waals surface area contributed by atoms with Crippen molar-refractivity contribution in [1.29, 1.82) is 0 Å². The minimum atomic E-state index is -0.270. The second kappa shape index (κ2) is 7.08. The van der Waals surface area contributed by atoms with E-state index < -0.39 is 0 Å². The fourth-order valence-electron chi connectivity index (χ4n) is 2.73. The summed E-state index contributed by atoms with van der Waals surface area (Å²) in [5, 5.41) is 0. The first-order chi connectivity index (χ1) is 9.72. The Morgan fingerprint density at radius 1 is 1.20 bits per heavy atom. The first-order valence-electron chi connectivity index (χ1n) is 7.15. The molecule has 1 saturated carbocycles. The Morgan fingerprint density at radius 3 is 2.45 bits per heavy atom. The Kier molecular flexibility index (Phi) is 5.16. The molecule has 20 heavy (non-hydrogen) atoms. The van der Waals surface area contributed by atoms with E-state index in [0.29, 0.717) is 12.1 Å². The summed E-state index contributed by atoms with van der Waals surface area (Å²) in [6.45, 7) is 0.436. The van der Waals surface area contributed by atoms with Gasteiger partial charge in [-0.1, -0.05) is 31.0 Å². The SMILES string of the molecule is COC(=O)CCN(C(=O)c1ccccc1)C1CCCC1. The van der Waals surface area contributed by atoms with Gasteiger partial charge in [-0.2, -0.15) is 0 Å². The molecular weight excluding hydrogens is 254 g/mol. The average molecular weight is 275 g/mol. The van der Waals surface area contributed by atoms with Gasteiger partial charge in [0, 0.05) is 18.2 Å². The molecular formula is C16H21NO3. The largest absolute Gasteiger partial charge is 0.469 e. The second-order valence-corrected chi connectivity index (χ2v) is 5.13. The normalized spacial score (nSPS) is 15.1. The number of hydrogen-bond donors (Lipinski definition) is 0. The summed E-state index contributed by atoms with van der Waals surface area (Å²) >= 11 is 0. The highest BCUT2D eigenvalue weighted by atomic mass is 16.5. The topological polar surface area (TPSA) is 46.6 Å². The summed E-state index contributed by atoms with van der Waals surface area (Å²) in [7, 11) is 1.38.